The van der Waals surface area contributed by atoms with Gasteiger partial charge in [-0.15, -0.1) is 0 Å². The van der Waals surface area contributed by atoms with Crippen LogP contribution in [0.4, 0.5) is 0 Å². The van der Waals surface area contributed by atoms with Crippen molar-refractivity contribution in [3.63, 3.8) is 0 Å². The summed E-state index contributed by atoms with van der Waals surface area (Å²) in [6, 6.07) is 0.372. The molecule has 4 heteroatoms. The zero-order chi connectivity index (χ0) is 13.7. The second kappa shape index (κ2) is 6.71. The van der Waals surface area contributed by atoms with Crippen molar-refractivity contribution in [2.24, 2.45) is 11.7 Å². The highest BCUT2D eigenvalue weighted by Crippen LogP contribution is 2.33. The number of nitrogens with two attached hydrogens (primary N) is 1. The fourth-order valence-corrected chi connectivity index (χ4v) is 3.25. The topological polar surface area (TPSA) is 64.3 Å². The van der Waals surface area contributed by atoms with E-state index >= 15 is 0 Å². The van der Waals surface area contributed by atoms with E-state index in [0.717, 1.165) is 44.4 Å². The molecule has 0 aromatic rings. The second-order valence-corrected chi connectivity index (χ2v) is 6.41. The van der Waals surface area contributed by atoms with Crippen molar-refractivity contribution < 1.29 is 9.53 Å². The third-order valence-corrected chi connectivity index (χ3v) is 4.79. The molecule has 1 amide bonds. The minimum Gasteiger partial charge on any atom is -0.364 e. The molecule has 0 unspecified atom stereocenters. The van der Waals surface area contributed by atoms with Gasteiger partial charge >= 0.3 is 0 Å². The Morgan fingerprint density at radius 1 is 1.26 bits per heavy atom. The van der Waals surface area contributed by atoms with Crippen LogP contribution in [0.2, 0.25) is 0 Å². The summed E-state index contributed by atoms with van der Waals surface area (Å²) in [4.78, 5) is 11.9. The molecule has 0 aromatic carbocycles. The van der Waals surface area contributed by atoms with Crippen LogP contribution in [0.3, 0.4) is 0 Å². The van der Waals surface area contributed by atoms with Gasteiger partial charge in [0.1, 0.15) is 6.61 Å². The monoisotopic (exact) mass is 268 g/mol. The summed E-state index contributed by atoms with van der Waals surface area (Å²) in [5.41, 5.74) is 5.63. The van der Waals surface area contributed by atoms with E-state index in [1.54, 1.807) is 0 Å². The van der Waals surface area contributed by atoms with Crippen molar-refractivity contribution in [2.75, 3.05) is 13.2 Å². The normalized spacial score (nSPS) is 32.4. The molecule has 3 N–H and O–H groups in total. The molecule has 2 rings (SSSR count). The Morgan fingerprint density at radius 2 is 1.89 bits per heavy atom. The van der Waals surface area contributed by atoms with Gasteiger partial charge < -0.3 is 15.8 Å². The maximum atomic E-state index is 11.9. The van der Waals surface area contributed by atoms with E-state index < -0.39 is 0 Å². The average molecular weight is 268 g/mol. The number of hydrogen-bond acceptors (Lipinski definition) is 3. The molecule has 19 heavy (non-hydrogen) atoms. The summed E-state index contributed by atoms with van der Waals surface area (Å²) in [5, 5.41) is 3.06. The van der Waals surface area contributed by atoms with Gasteiger partial charge in [-0.05, 0) is 44.4 Å². The quantitative estimate of drug-likeness (QED) is 0.801. The Labute approximate surface area is 116 Å². The number of rotatable bonds is 5. The van der Waals surface area contributed by atoms with Gasteiger partial charge in [0, 0.05) is 12.6 Å². The first-order valence-corrected chi connectivity index (χ1v) is 7.77. The van der Waals surface area contributed by atoms with E-state index in [0.29, 0.717) is 12.6 Å². The highest BCUT2D eigenvalue weighted by atomic mass is 16.5. The molecule has 0 heterocycles. The van der Waals surface area contributed by atoms with Gasteiger partial charge in [-0.1, -0.05) is 19.8 Å². The van der Waals surface area contributed by atoms with E-state index in [-0.39, 0.29) is 18.1 Å². The molecule has 2 fully saturated rings. The lowest BCUT2D eigenvalue weighted by atomic mass is 9.79. The van der Waals surface area contributed by atoms with Gasteiger partial charge in [-0.2, -0.15) is 0 Å². The Hall–Kier alpha value is -0.610. The predicted octanol–water partition coefficient (Wildman–Crippen LogP) is 1.97. The van der Waals surface area contributed by atoms with E-state index in [9.17, 15) is 4.79 Å². The van der Waals surface area contributed by atoms with Gasteiger partial charge in [0.15, 0.2) is 0 Å². The van der Waals surface area contributed by atoms with Gasteiger partial charge in [0.05, 0.1) is 5.60 Å². The van der Waals surface area contributed by atoms with Gasteiger partial charge in [0.25, 0.3) is 0 Å². The van der Waals surface area contributed by atoms with Crippen LogP contribution in [-0.2, 0) is 9.53 Å². The van der Waals surface area contributed by atoms with Crippen LogP contribution in [0.1, 0.15) is 58.3 Å². The summed E-state index contributed by atoms with van der Waals surface area (Å²) in [6.45, 7) is 2.96. The summed E-state index contributed by atoms with van der Waals surface area (Å²) in [6.07, 6.45) is 8.98. The highest BCUT2D eigenvalue weighted by Gasteiger charge is 2.34. The van der Waals surface area contributed by atoms with Crippen LogP contribution in [0.25, 0.3) is 0 Å². The van der Waals surface area contributed by atoms with Crippen LogP contribution >= 0.6 is 0 Å². The lowest BCUT2D eigenvalue weighted by Crippen LogP contribution is -2.46. The molecule has 0 saturated heterocycles. The Kier molecular flexibility index (Phi) is 5.22. The molecule has 4 nitrogen and oxygen atoms in total. The lowest BCUT2D eigenvalue weighted by molar-refractivity contribution is -0.136. The minimum atomic E-state index is -0.250. The molecule has 0 bridgehead atoms. The van der Waals surface area contributed by atoms with Crippen LogP contribution in [0.15, 0.2) is 0 Å². The zero-order valence-electron chi connectivity index (χ0n) is 12.1. The summed E-state index contributed by atoms with van der Waals surface area (Å²) in [7, 11) is 0. The van der Waals surface area contributed by atoms with E-state index in [1.807, 2.05) is 0 Å². The fourth-order valence-electron chi connectivity index (χ4n) is 3.25. The van der Waals surface area contributed by atoms with Gasteiger partial charge in [-0.3, -0.25) is 4.79 Å². The average Bonchev–Trinajstić information content (AvgIpc) is 2.92. The summed E-state index contributed by atoms with van der Waals surface area (Å²) >= 11 is 0. The molecule has 0 atom stereocenters. The van der Waals surface area contributed by atoms with Crippen LogP contribution in [-0.4, -0.2) is 30.7 Å². The minimum absolute atomic E-state index is 0.0262. The second-order valence-electron chi connectivity index (χ2n) is 6.41. The van der Waals surface area contributed by atoms with Crippen molar-refractivity contribution in [3.05, 3.63) is 0 Å². The van der Waals surface area contributed by atoms with Crippen LogP contribution < -0.4 is 11.1 Å². The van der Waals surface area contributed by atoms with E-state index in [4.69, 9.17) is 10.5 Å². The molecule has 0 aromatic heterocycles. The van der Waals surface area contributed by atoms with Crippen molar-refractivity contribution in [3.8, 4) is 0 Å². The number of ether oxygens (including phenoxy) is 1. The zero-order valence-corrected chi connectivity index (χ0v) is 12.1. The third-order valence-electron chi connectivity index (χ3n) is 4.79. The SMILES string of the molecule is CC1CCC(CN)(OCC(=O)NC2CCCC2)CC1. The Bertz CT molecular complexity index is 293. The number of amides is 1. The third kappa shape index (κ3) is 4.18. The first-order valence-electron chi connectivity index (χ1n) is 7.77. The largest absolute Gasteiger partial charge is 0.364 e. The maximum absolute atomic E-state index is 11.9. The van der Waals surface area contributed by atoms with E-state index in [1.165, 1.54) is 12.8 Å². The maximum Gasteiger partial charge on any atom is 0.246 e. The number of hydrogen-bond donors (Lipinski definition) is 2. The molecule has 0 spiro atoms. The molecular formula is C15H28N2O2. The Balaban J connectivity index is 1.74. The van der Waals surface area contributed by atoms with Crippen molar-refractivity contribution in [1.29, 1.82) is 0 Å². The molecule has 110 valence electrons. The molecular weight excluding hydrogens is 240 g/mol. The number of carbonyl (C=O) groups is 1. The molecule has 0 radical (unpaired) electrons. The van der Waals surface area contributed by atoms with Crippen molar-refractivity contribution in [2.45, 2.75) is 69.9 Å². The molecule has 2 saturated carbocycles. The molecule has 0 aliphatic heterocycles. The van der Waals surface area contributed by atoms with Gasteiger partial charge in [0.2, 0.25) is 5.91 Å². The number of nitrogens with one attached hydrogen (secondary N) is 1. The molecule has 2 aliphatic rings. The predicted molar refractivity (Wildman–Crippen MR) is 75.8 cm³/mol. The lowest BCUT2D eigenvalue weighted by Gasteiger charge is -2.38. The van der Waals surface area contributed by atoms with E-state index in [2.05, 4.69) is 12.2 Å². The summed E-state index contributed by atoms with van der Waals surface area (Å²) < 4.78 is 5.90. The van der Waals surface area contributed by atoms with Crippen LogP contribution in [0, 0.1) is 5.92 Å². The fraction of sp³-hybridized carbons (Fsp3) is 0.933. The Morgan fingerprint density at radius 3 is 2.47 bits per heavy atom. The van der Waals surface area contributed by atoms with Crippen LogP contribution in [0.5, 0.6) is 0 Å². The first-order chi connectivity index (χ1) is 9.13. The highest BCUT2D eigenvalue weighted by molar-refractivity contribution is 5.77. The smallest absolute Gasteiger partial charge is 0.246 e. The van der Waals surface area contributed by atoms with Gasteiger partial charge in [-0.25, -0.2) is 0 Å². The number of carbonyl (C=O) groups excluding carboxylic acids is 1. The van der Waals surface area contributed by atoms with Crippen molar-refractivity contribution in [1.82, 2.24) is 5.32 Å². The summed E-state index contributed by atoms with van der Waals surface area (Å²) in [5.74, 6) is 0.786. The molecule has 2 aliphatic carbocycles. The van der Waals surface area contributed by atoms with Crippen molar-refractivity contribution >= 4 is 5.91 Å². The first kappa shape index (κ1) is 14.8. The standard InChI is InChI=1S/C15H28N2O2/c1-12-6-8-15(11-16,9-7-12)19-10-14(18)17-13-4-2-3-5-13/h12-13H,2-11,16H2,1H3,(H,17,18).